The van der Waals surface area contributed by atoms with Crippen molar-refractivity contribution in [2.75, 3.05) is 26.2 Å². The summed E-state index contributed by atoms with van der Waals surface area (Å²) in [5, 5.41) is 28.3. The van der Waals surface area contributed by atoms with Gasteiger partial charge in [0.15, 0.2) is 0 Å². The van der Waals surface area contributed by atoms with E-state index in [2.05, 4.69) is 15.3 Å². The lowest BCUT2D eigenvalue weighted by Gasteiger charge is -2.29. The van der Waals surface area contributed by atoms with Gasteiger partial charge in [0.1, 0.15) is 0 Å². The lowest BCUT2D eigenvalue weighted by atomic mass is 10.1. The van der Waals surface area contributed by atoms with Gasteiger partial charge in [-0.25, -0.2) is 0 Å². The minimum absolute atomic E-state index is 0.0830. The second-order valence-electron chi connectivity index (χ2n) is 7.08. The number of non-ortho nitro benzene ring substituents is 1. The van der Waals surface area contributed by atoms with Gasteiger partial charge >= 0.3 is 0 Å². The van der Waals surface area contributed by atoms with Gasteiger partial charge in [0.05, 0.1) is 16.7 Å². The topological polar surface area (TPSA) is 96.5 Å². The smallest absolute Gasteiger partial charge is 0.269 e. The van der Waals surface area contributed by atoms with Gasteiger partial charge in [-0.2, -0.15) is 5.10 Å². The van der Waals surface area contributed by atoms with Gasteiger partial charge < -0.3 is 15.3 Å². The van der Waals surface area contributed by atoms with E-state index >= 15 is 0 Å². The van der Waals surface area contributed by atoms with Crippen LogP contribution in [0, 0.1) is 10.1 Å². The Morgan fingerprint density at radius 3 is 2.67 bits per heavy atom. The number of aryl methyl sites for hydroxylation is 1. The molecule has 8 heteroatoms. The maximum Gasteiger partial charge on any atom is 0.269 e. The van der Waals surface area contributed by atoms with Gasteiger partial charge in [0.25, 0.3) is 5.69 Å². The highest BCUT2D eigenvalue weighted by molar-refractivity contribution is 5.64. The van der Waals surface area contributed by atoms with E-state index in [1.54, 1.807) is 16.8 Å². The largest absolute Gasteiger partial charge is 0.393 e. The zero-order valence-electron chi connectivity index (χ0n) is 15.7. The molecule has 146 valence electrons. The average molecular weight is 373 g/mol. The molecule has 0 bridgehead atoms. The van der Waals surface area contributed by atoms with Crippen LogP contribution < -0.4 is 5.32 Å². The quantitative estimate of drug-likeness (QED) is 0.417. The molecule has 1 aromatic heterocycles. The summed E-state index contributed by atoms with van der Waals surface area (Å²) >= 11 is 0. The molecule has 1 saturated heterocycles. The monoisotopic (exact) mass is 373 g/mol. The molecule has 1 aromatic carbocycles. The maximum atomic E-state index is 10.8. The molecule has 3 rings (SSSR count). The van der Waals surface area contributed by atoms with E-state index in [0.29, 0.717) is 6.54 Å². The number of aliphatic hydroxyl groups is 1. The first-order valence-electron chi connectivity index (χ1n) is 9.41. The fourth-order valence-electron chi connectivity index (χ4n) is 3.44. The van der Waals surface area contributed by atoms with Crippen LogP contribution in [0.3, 0.4) is 0 Å². The maximum absolute atomic E-state index is 10.8. The molecular formula is C19H27N5O3. The molecular weight excluding hydrogens is 346 g/mol. The van der Waals surface area contributed by atoms with E-state index < -0.39 is 4.92 Å². The van der Waals surface area contributed by atoms with Gasteiger partial charge in [0, 0.05) is 56.1 Å². The molecule has 0 saturated carbocycles. The number of benzene rings is 1. The molecule has 1 aliphatic rings. The van der Waals surface area contributed by atoms with Crippen LogP contribution >= 0.6 is 0 Å². The number of rotatable bonds is 8. The van der Waals surface area contributed by atoms with Crippen LogP contribution in [0.4, 0.5) is 5.69 Å². The van der Waals surface area contributed by atoms with Crippen molar-refractivity contribution >= 4 is 5.69 Å². The Morgan fingerprint density at radius 1 is 1.30 bits per heavy atom. The Labute approximate surface area is 158 Å². The Kier molecular flexibility index (Phi) is 6.54. The van der Waals surface area contributed by atoms with Gasteiger partial charge in [-0.05, 0) is 44.5 Å². The summed E-state index contributed by atoms with van der Waals surface area (Å²) in [6.45, 7) is 4.62. The molecule has 0 spiro atoms. The lowest BCUT2D eigenvalue weighted by Crippen LogP contribution is -2.37. The van der Waals surface area contributed by atoms with Crippen molar-refractivity contribution in [1.82, 2.24) is 20.0 Å². The molecule has 0 amide bonds. The number of hydrogen-bond acceptors (Lipinski definition) is 6. The zero-order valence-corrected chi connectivity index (χ0v) is 15.7. The Morgan fingerprint density at radius 2 is 2.00 bits per heavy atom. The Bertz CT molecular complexity index is 751. The Balaban J connectivity index is 1.50. The molecule has 2 heterocycles. The fraction of sp³-hybridized carbons (Fsp3) is 0.526. The number of aliphatic hydroxyl groups excluding tert-OH is 1. The molecule has 0 aliphatic carbocycles. The third-order valence-electron chi connectivity index (χ3n) is 4.96. The van der Waals surface area contributed by atoms with E-state index in [9.17, 15) is 15.2 Å². The normalized spacial score (nSPS) is 15.9. The highest BCUT2D eigenvalue weighted by Gasteiger charge is 2.16. The predicted molar refractivity (Wildman–Crippen MR) is 103 cm³/mol. The summed E-state index contributed by atoms with van der Waals surface area (Å²) in [6.07, 6.45) is 4.67. The standard InChI is InChI=1S/C19H27N5O3/c1-22-14-16(13-20-9-2-10-23-11-7-18(25)8-12-23)19(21-22)15-3-5-17(6-4-15)24(26)27/h3-6,14,18,20,25H,2,7-13H2,1H3. The first-order valence-corrected chi connectivity index (χ1v) is 9.41. The van der Waals surface area contributed by atoms with Crippen molar-refractivity contribution in [2.24, 2.45) is 7.05 Å². The SMILES string of the molecule is Cn1cc(CNCCCN2CCC(O)CC2)c(-c2ccc([N+](=O)[O-])cc2)n1. The molecule has 8 nitrogen and oxygen atoms in total. The lowest BCUT2D eigenvalue weighted by molar-refractivity contribution is -0.384. The van der Waals surface area contributed by atoms with E-state index in [0.717, 1.165) is 62.3 Å². The molecule has 0 unspecified atom stereocenters. The molecule has 0 atom stereocenters. The van der Waals surface area contributed by atoms with Crippen LogP contribution in [0.5, 0.6) is 0 Å². The second-order valence-corrected chi connectivity index (χ2v) is 7.08. The van der Waals surface area contributed by atoms with Gasteiger partial charge in [-0.15, -0.1) is 0 Å². The van der Waals surface area contributed by atoms with Gasteiger partial charge in [-0.1, -0.05) is 0 Å². The van der Waals surface area contributed by atoms with E-state index in [1.807, 2.05) is 13.2 Å². The van der Waals surface area contributed by atoms with Crippen molar-refractivity contribution in [1.29, 1.82) is 0 Å². The van der Waals surface area contributed by atoms with E-state index in [4.69, 9.17) is 0 Å². The first-order chi connectivity index (χ1) is 13.0. The third kappa shape index (κ3) is 5.35. The summed E-state index contributed by atoms with van der Waals surface area (Å²) in [7, 11) is 1.88. The number of nitro benzene ring substituents is 1. The number of nitrogens with zero attached hydrogens (tertiary/aromatic N) is 4. The van der Waals surface area contributed by atoms with Crippen LogP contribution in [0.25, 0.3) is 11.3 Å². The highest BCUT2D eigenvalue weighted by atomic mass is 16.6. The summed E-state index contributed by atoms with van der Waals surface area (Å²) in [4.78, 5) is 12.8. The minimum Gasteiger partial charge on any atom is -0.393 e. The number of hydrogen-bond donors (Lipinski definition) is 2. The number of likely N-dealkylation sites (tertiary alicyclic amines) is 1. The number of piperidine rings is 1. The third-order valence-corrected chi connectivity index (χ3v) is 4.96. The fourth-order valence-corrected chi connectivity index (χ4v) is 3.44. The van der Waals surface area contributed by atoms with Crippen LogP contribution in [-0.4, -0.2) is 57.0 Å². The zero-order chi connectivity index (χ0) is 19.2. The number of aromatic nitrogens is 2. The summed E-state index contributed by atoms with van der Waals surface area (Å²) < 4.78 is 1.77. The van der Waals surface area contributed by atoms with Crippen LogP contribution in [0.1, 0.15) is 24.8 Å². The highest BCUT2D eigenvalue weighted by Crippen LogP contribution is 2.24. The van der Waals surface area contributed by atoms with E-state index in [-0.39, 0.29) is 11.8 Å². The van der Waals surface area contributed by atoms with Crippen molar-refractivity contribution < 1.29 is 10.0 Å². The predicted octanol–water partition coefficient (Wildman–Crippen LogP) is 1.93. The first kappa shape index (κ1) is 19.5. The van der Waals surface area contributed by atoms with Crippen LogP contribution in [0.2, 0.25) is 0 Å². The summed E-state index contributed by atoms with van der Waals surface area (Å²) in [5.41, 5.74) is 2.89. The van der Waals surface area contributed by atoms with E-state index in [1.165, 1.54) is 12.1 Å². The summed E-state index contributed by atoms with van der Waals surface area (Å²) in [5.74, 6) is 0. The van der Waals surface area contributed by atoms with Crippen molar-refractivity contribution in [2.45, 2.75) is 31.9 Å². The van der Waals surface area contributed by atoms with Crippen molar-refractivity contribution in [3.05, 3.63) is 46.1 Å². The minimum atomic E-state index is -0.395. The molecule has 0 radical (unpaired) electrons. The molecule has 2 N–H and O–H groups in total. The van der Waals surface area contributed by atoms with Crippen LogP contribution in [-0.2, 0) is 13.6 Å². The number of nitrogens with one attached hydrogen (secondary N) is 1. The van der Waals surface area contributed by atoms with Gasteiger partial charge in [0.2, 0.25) is 0 Å². The van der Waals surface area contributed by atoms with Gasteiger partial charge in [-0.3, -0.25) is 14.8 Å². The molecule has 2 aromatic rings. The molecule has 1 aliphatic heterocycles. The van der Waals surface area contributed by atoms with Crippen molar-refractivity contribution in [3.8, 4) is 11.3 Å². The number of nitro groups is 1. The molecule has 1 fully saturated rings. The average Bonchev–Trinajstić information content (AvgIpc) is 3.03. The van der Waals surface area contributed by atoms with Crippen LogP contribution in [0.15, 0.2) is 30.5 Å². The van der Waals surface area contributed by atoms with Crippen molar-refractivity contribution in [3.63, 3.8) is 0 Å². The Hall–Kier alpha value is -2.29. The second kappa shape index (κ2) is 9.07. The summed E-state index contributed by atoms with van der Waals surface area (Å²) in [6, 6.07) is 6.51. The molecule has 27 heavy (non-hydrogen) atoms.